The minimum absolute atomic E-state index is 0.114. The third kappa shape index (κ3) is 19.3. The van der Waals surface area contributed by atoms with E-state index in [0.29, 0.717) is 13.0 Å². The smallest absolute Gasteiger partial charge is 0.306 e. The van der Waals surface area contributed by atoms with Crippen LogP contribution in [-0.4, -0.2) is 12.6 Å². The first-order valence-electron chi connectivity index (χ1n) is 11.1. The van der Waals surface area contributed by atoms with Crippen molar-refractivity contribution in [3.63, 3.8) is 0 Å². The molecule has 0 aliphatic heterocycles. The molecule has 0 saturated carbocycles. The van der Waals surface area contributed by atoms with E-state index in [-0.39, 0.29) is 5.97 Å². The molecule has 2 nitrogen and oxygen atoms in total. The van der Waals surface area contributed by atoms with Crippen molar-refractivity contribution in [3.8, 4) is 0 Å². The molecule has 0 rings (SSSR count). The number of carbonyl (C=O) groups excluding carboxylic acids is 1. The van der Waals surface area contributed by atoms with Crippen molar-refractivity contribution in [1.29, 1.82) is 0 Å². The lowest BCUT2D eigenvalue weighted by molar-refractivity contribution is -0.142. The number of esters is 1. The van der Waals surface area contributed by atoms with Crippen molar-refractivity contribution in [2.75, 3.05) is 6.61 Å². The van der Waals surface area contributed by atoms with Crippen molar-refractivity contribution < 1.29 is 9.53 Å². The fourth-order valence-electron chi connectivity index (χ4n) is 2.81. The van der Waals surface area contributed by atoms with Crippen molar-refractivity contribution in [3.05, 3.63) is 58.2 Å². The molecule has 0 spiro atoms. The SMILES string of the molecule is CC(C)=CCC/C(C)=C/CCC(C)=CCCC(=O)OC/C=C(\C)CCC=C(C)C. The van der Waals surface area contributed by atoms with Gasteiger partial charge in [-0.25, -0.2) is 0 Å². The van der Waals surface area contributed by atoms with Gasteiger partial charge in [-0.05, 0) is 99.5 Å². The van der Waals surface area contributed by atoms with Gasteiger partial charge in [-0.3, -0.25) is 4.79 Å². The Bertz CT molecular complexity index is 619. The molecule has 2 heteroatoms. The fourth-order valence-corrected chi connectivity index (χ4v) is 2.81. The van der Waals surface area contributed by atoms with Gasteiger partial charge in [0, 0.05) is 6.42 Å². The first-order chi connectivity index (χ1) is 13.7. The first kappa shape index (κ1) is 27.2. The molecule has 0 N–H and O–H groups in total. The van der Waals surface area contributed by atoms with Crippen LogP contribution in [0.1, 0.15) is 99.8 Å². The zero-order valence-corrected chi connectivity index (χ0v) is 20.1. The van der Waals surface area contributed by atoms with Gasteiger partial charge in [-0.15, -0.1) is 0 Å². The van der Waals surface area contributed by atoms with Gasteiger partial charge < -0.3 is 4.74 Å². The maximum atomic E-state index is 11.9. The Morgan fingerprint density at radius 1 is 0.552 bits per heavy atom. The standard InChI is InChI=1S/C27H44O2/c1-22(2)12-8-14-24(5)16-10-17-25(6)18-11-19-27(28)29-21-20-26(7)15-9-13-23(3)4/h12-13,16,18,20H,8-11,14-15,17,19,21H2,1-7H3/b24-16+,25-18?,26-20+. The molecule has 0 aromatic carbocycles. The van der Waals surface area contributed by atoms with E-state index in [1.807, 2.05) is 6.08 Å². The molecule has 0 aliphatic carbocycles. The van der Waals surface area contributed by atoms with E-state index in [0.717, 1.165) is 44.9 Å². The molecule has 164 valence electrons. The van der Waals surface area contributed by atoms with Gasteiger partial charge in [0.2, 0.25) is 0 Å². The summed E-state index contributed by atoms with van der Waals surface area (Å²) in [4.78, 5) is 11.9. The lowest BCUT2D eigenvalue weighted by Crippen LogP contribution is -2.04. The molecule has 0 radical (unpaired) electrons. The van der Waals surface area contributed by atoms with Crippen LogP contribution in [0.25, 0.3) is 0 Å². The molecule has 0 saturated heterocycles. The topological polar surface area (TPSA) is 26.3 Å². The highest BCUT2D eigenvalue weighted by Gasteiger charge is 2.01. The normalized spacial score (nSPS) is 12.6. The molecule has 0 bridgehead atoms. The molecule has 0 aromatic rings. The molecule has 0 unspecified atom stereocenters. The van der Waals surface area contributed by atoms with Gasteiger partial charge >= 0.3 is 5.97 Å². The average molecular weight is 401 g/mol. The third-order valence-corrected chi connectivity index (χ3v) is 4.73. The Kier molecular flexibility index (Phi) is 16.0. The van der Waals surface area contributed by atoms with Gasteiger partial charge in [0.15, 0.2) is 0 Å². The van der Waals surface area contributed by atoms with Crippen molar-refractivity contribution in [1.82, 2.24) is 0 Å². The molecular formula is C27H44O2. The minimum Gasteiger partial charge on any atom is -0.461 e. The summed E-state index contributed by atoms with van der Waals surface area (Å²) in [6.45, 7) is 15.4. The molecule has 0 aromatic heterocycles. The van der Waals surface area contributed by atoms with Gasteiger partial charge in [-0.1, -0.05) is 52.2 Å². The second-order valence-electron chi connectivity index (χ2n) is 8.55. The van der Waals surface area contributed by atoms with Gasteiger partial charge in [-0.2, -0.15) is 0 Å². The Hall–Kier alpha value is -1.83. The van der Waals surface area contributed by atoms with E-state index < -0.39 is 0 Å². The largest absolute Gasteiger partial charge is 0.461 e. The Morgan fingerprint density at radius 2 is 0.931 bits per heavy atom. The summed E-state index contributed by atoms with van der Waals surface area (Å²) in [7, 11) is 0. The quantitative estimate of drug-likeness (QED) is 0.216. The van der Waals surface area contributed by atoms with E-state index in [2.05, 4.69) is 72.8 Å². The monoisotopic (exact) mass is 400 g/mol. The summed E-state index contributed by atoms with van der Waals surface area (Å²) in [5.74, 6) is -0.114. The lowest BCUT2D eigenvalue weighted by Gasteiger charge is -2.04. The van der Waals surface area contributed by atoms with Crippen LogP contribution < -0.4 is 0 Å². The molecule has 0 aliphatic rings. The van der Waals surface area contributed by atoms with Crippen molar-refractivity contribution >= 4 is 5.97 Å². The maximum Gasteiger partial charge on any atom is 0.306 e. The van der Waals surface area contributed by atoms with Crippen LogP contribution in [0.15, 0.2) is 58.2 Å². The maximum absolute atomic E-state index is 11.9. The van der Waals surface area contributed by atoms with E-state index in [9.17, 15) is 4.79 Å². The van der Waals surface area contributed by atoms with Crippen LogP contribution in [0.5, 0.6) is 0 Å². The Balaban J connectivity index is 3.99. The van der Waals surface area contributed by atoms with E-state index in [1.54, 1.807) is 0 Å². The van der Waals surface area contributed by atoms with Crippen LogP contribution in [0.3, 0.4) is 0 Å². The minimum atomic E-state index is -0.114. The third-order valence-electron chi connectivity index (χ3n) is 4.73. The number of ether oxygens (including phenoxy) is 1. The predicted molar refractivity (Wildman–Crippen MR) is 128 cm³/mol. The summed E-state index contributed by atoms with van der Waals surface area (Å²) in [6, 6.07) is 0. The number of hydrogen-bond donors (Lipinski definition) is 0. The van der Waals surface area contributed by atoms with Crippen molar-refractivity contribution in [2.24, 2.45) is 0 Å². The predicted octanol–water partition coefficient (Wildman–Crippen LogP) is 8.42. The summed E-state index contributed by atoms with van der Waals surface area (Å²) in [6.07, 6.45) is 18.8. The van der Waals surface area contributed by atoms with Crippen LogP contribution in [0.4, 0.5) is 0 Å². The number of carbonyl (C=O) groups is 1. The molecule has 0 heterocycles. The second kappa shape index (κ2) is 17.1. The highest BCUT2D eigenvalue weighted by molar-refractivity contribution is 5.69. The highest BCUT2D eigenvalue weighted by atomic mass is 16.5. The summed E-state index contributed by atoms with van der Waals surface area (Å²) in [5.41, 5.74) is 6.82. The van der Waals surface area contributed by atoms with E-state index in [4.69, 9.17) is 4.74 Å². The summed E-state index contributed by atoms with van der Waals surface area (Å²) >= 11 is 0. The van der Waals surface area contributed by atoms with Crippen LogP contribution in [0, 0.1) is 0 Å². The van der Waals surface area contributed by atoms with Crippen molar-refractivity contribution in [2.45, 2.75) is 99.8 Å². The van der Waals surface area contributed by atoms with Crippen LogP contribution >= 0.6 is 0 Å². The number of hydrogen-bond acceptors (Lipinski definition) is 2. The molecule has 0 atom stereocenters. The Labute approximate surface area is 180 Å². The van der Waals surface area contributed by atoms with Crippen LogP contribution in [0.2, 0.25) is 0 Å². The van der Waals surface area contributed by atoms with E-state index in [1.165, 1.54) is 27.9 Å². The summed E-state index contributed by atoms with van der Waals surface area (Å²) in [5, 5.41) is 0. The zero-order valence-electron chi connectivity index (χ0n) is 20.1. The van der Waals surface area contributed by atoms with E-state index >= 15 is 0 Å². The highest BCUT2D eigenvalue weighted by Crippen LogP contribution is 2.12. The fraction of sp³-hybridized carbons (Fsp3) is 0.593. The molecule has 29 heavy (non-hydrogen) atoms. The first-order valence-corrected chi connectivity index (χ1v) is 11.1. The second-order valence-corrected chi connectivity index (χ2v) is 8.55. The number of rotatable bonds is 14. The van der Waals surface area contributed by atoms with Gasteiger partial charge in [0.1, 0.15) is 6.61 Å². The number of allylic oxidation sites excluding steroid dienone is 9. The lowest BCUT2D eigenvalue weighted by atomic mass is 10.1. The molecule has 0 amide bonds. The van der Waals surface area contributed by atoms with Crippen LogP contribution in [-0.2, 0) is 9.53 Å². The van der Waals surface area contributed by atoms with Gasteiger partial charge in [0.25, 0.3) is 0 Å². The van der Waals surface area contributed by atoms with Gasteiger partial charge in [0.05, 0.1) is 0 Å². The summed E-state index contributed by atoms with van der Waals surface area (Å²) < 4.78 is 5.31. The molecule has 0 fully saturated rings. The Morgan fingerprint density at radius 3 is 1.38 bits per heavy atom. The molecular weight excluding hydrogens is 356 g/mol. The average Bonchev–Trinajstić information content (AvgIpc) is 2.61. The zero-order chi connectivity index (χ0) is 22.1.